The lowest BCUT2D eigenvalue weighted by molar-refractivity contribution is 0.0411. The molecule has 0 N–H and O–H groups in total. The van der Waals surface area contributed by atoms with Gasteiger partial charge in [0, 0.05) is 50.6 Å². The van der Waals surface area contributed by atoms with E-state index in [0.717, 1.165) is 19.6 Å². The zero-order chi connectivity index (χ0) is 11.9. The normalized spacial score (nSPS) is 35.6. The smallest absolute Gasteiger partial charge is 0.252 e. The van der Waals surface area contributed by atoms with Gasteiger partial charge in [0.05, 0.1) is 0 Å². The molecule has 1 saturated carbocycles. The standard InChI is InChI=1S/C12H22F2N2/c1-9(2)15-4-5-16(10(3)7-15)8-11-6-12(11,13)14/h9-11H,4-8H2,1-3H3. The van der Waals surface area contributed by atoms with Gasteiger partial charge >= 0.3 is 0 Å². The van der Waals surface area contributed by atoms with Gasteiger partial charge in [-0.15, -0.1) is 0 Å². The fraction of sp³-hybridized carbons (Fsp3) is 1.00. The fourth-order valence-electron chi connectivity index (χ4n) is 2.51. The average molecular weight is 232 g/mol. The maximum absolute atomic E-state index is 12.8. The van der Waals surface area contributed by atoms with Crippen LogP contribution in [-0.4, -0.2) is 54.0 Å². The number of rotatable bonds is 3. The molecule has 4 heteroatoms. The van der Waals surface area contributed by atoms with Gasteiger partial charge in [0.1, 0.15) is 0 Å². The zero-order valence-corrected chi connectivity index (χ0v) is 10.4. The van der Waals surface area contributed by atoms with Crippen LogP contribution in [0.2, 0.25) is 0 Å². The lowest BCUT2D eigenvalue weighted by Crippen LogP contribution is -2.54. The van der Waals surface area contributed by atoms with E-state index in [2.05, 4.69) is 30.6 Å². The topological polar surface area (TPSA) is 6.48 Å². The highest BCUT2D eigenvalue weighted by atomic mass is 19.3. The Morgan fingerprint density at radius 1 is 1.31 bits per heavy atom. The third kappa shape index (κ3) is 2.54. The quantitative estimate of drug-likeness (QED) is 0.735. The maximum Gasteiger partial charge on any atom is 0.252 e. The summed E-state index contributed by atoms with van der Waals surface area (Å²) in [5, 5.41) is 0. The van der Waals surface area contributed by atoms with Crippen molar-refractivity contribution in [3.8, 4) is 0 Å². The van der Waals surface area contributed by atoms with Crippen LogP contribution in [-0.2, 0) is 0 Å². The van der Waals surface area contributed by atoms with Crippen LogP contribution < -0.4 is 0 Å². The van der Waals surface area contributed by atoms with Gasteiger partial charge in [0.15, 0.2) is 0 Å². The molecule has 0 bridgehead atoms. The Hall–Kier alpha value is -0.220. The first-order chi connectivity index (χ1) is 7.40. The van der Waals surface area contributed by atoms with E-state index in [1.54, 1.807) is 0 Å². The van der Waals surface area contributed by atoms with E-state index < -0.39 is 5.92 Å². The SMILES string of the molecule is CC(C)N1CCN(CC2CC2(F)F)C(C)C1. The van der Waals surface area contributed by atoms with Crippen LogP contribution >= 0.6 is 0 Å². The van der Waals surface area contributed by atoms with E-state index in [0.29, 0.717) is 18.6 Å². The van der Waals surface area contributed by atoms with Crippen molar-refractivity contribution < 1.29 is 8.78 Å². The lowest BCUT2D eigenvalue weighted by atomic mass is 10.1. The van der Waals surface area contributed by atoms with Crippen molar-refractivity contribution in [2.75, 3.05) is 26.2 Å². The fourth-order valence-corrected chi connectivity index (χ4v) is 2.51. The Balaban J connectivity index is 1.81. The molecule has 0 amide bonds. The molecule has 0 radical (unpaired) electrons. The molecule has 94 valence electrons. The predicted octanol–water partition coefficient (Wildman–Crippen LogP) is 2.06. The van der Waals surface area contributed by atoms with E-state index in [1.807, 2.05) is 0 Å². The number of hydrogen-bond donors (Lipinski definition) is 0. The van der Waals surface area contributed by atoms with Gasteiger partial charge in [0.2, 0.25) is 0 Å². The third-order valence-corrected chi connectivity index (χ3v) is 3.94. The van der Waals surface area contributed by atoms with Crippen molar-refractivity contribution in [1.82, 2.24) is 9.80 Å². The summed E-state index contributed by atoms with van der Waals surface area (Å²) in [6.45, 7) is 10.1. The summed E-state index contributed by atoms with van der Waals surface area (Å²) in [5.41, 5.74) is 0. The molecule has 2 unspecified atom stereocenters. The maximum atomic E-state index is 12.8. The second kappa shape index (κ2) is 4.22. The van der Waals surface area contributed by atoms with E-state index in [9.17, 15) is 8.78 Å². The summed E-state index contributed by atoms with van der Waals surface area (Å²) < 4.78 is 25.7. The van der Waals surface area contributed by atoms with Crippen LogP contribution in [0.25, 0.3) is 0 Å². The Morgan fingerprint density at radius 3 is 2.38 bits per heavy atom. The molecule has 2 rings (SSSR count). The molecule has 2 fully saturated rings. The van der Waals surface area contributed by atoms with Crippen LogP contribution in [0.15, 0.2) is 0 Å². The molecule has 1 aliphatic carbocycles. The first kappa shape index (κ1) is 12.2. The van der Waals surface area contributed by atoms with Gasteiger partial charge in [-0.25, -0.2) is 8.78 Å². The number of nitrogens with zero attached hydrogens (tertiary/aromatic N) is 2. The third-order valence-electron chi connectivity index (χ3n) is 3.94. The molecule has 1 heterocycles. The van der Waals surface area contributed by atoms with Gasteiger partial charge < -0.3 is 0 Å². The average Bonchev–Trinajstić information content (AvgIpc) is 2.77. The summed E-state index contributed by atoms with van der Waals surface area (Å²) in [4.78, 5) is 4.65. The van der Waals surface area contributed by atoms with Crippen molar-refractivity contribution in [1.29, 1.82) is 0 Å². The molecule has 16 heavy (non-hydrogen) atoms. The highest BCUT2D eigenvalue weighted by Crippen LogP contribution is 2.49. The molecule has 0 aromatic heterocycles. The molecule has 2 atom stereocenters. The summed E-state index contributed by atoms with van der Waals surface area (Å²) in [6.07, 6.45) is 0.101. The Morgan fingerprint density at radius 2 is 1.94 bits per heavy atom. The van der Waals surface area contributed by atoms with Crippen molar-refractivity contribution >= 4 is 0 Å². The number of piperazine rings is 1. The van der Waals surface area contributed by atoms with Crippen LogP contribution in [0.5, 0.6) is 0 Å². The highest BCUT2D eigenvalue weighted by molar-refractivity contribution is 4.98. The Labute approximate surface area is 96.6 Å². The lowest BCUT2D eigenvalue weighted by Gasteiger charge is -2.41. The van der Waals surface area contributed by atoms with E-state index in [1.165, 1.54) is 0 Å². The van der Waals surface area contributed by atoms with Crippen molar-refractivity contribution in [2.24, 2.45) is 5.92 Å². The van der Waals surface area contributed by atoms with Crippen molar-refractivity contribution in [3.05, 3.63) is 0 Å². The van der Waals surface area contributed by atoms with Gasteiger partial charge in [-0.2, -0.15) is 0 Å². The minimum atomic E-state index is -2.37. The summed E-state index contributed by atoms with van der Waals surface area (Å²) in [6, 6.07) is 0.972. The highest BCUT2D eigenvalue weighted by Gasteiger charge is 2.57. The minimum Gasteiger partial charge on any atom is -0.298 e. The molecule has 2 aliphatic rings. The number of hydrogen-bond acceptors (Lipinski definition) is 2. The largest absolute Gasteiger partial charge is 0.298 e. The second-order valence-corrected chi connectivity index (χ2v) is 5.59. The molecular formula is C12H22F2N2. The van der Waals surface area contributed by atoms with E-state index in [-0.39, 0.29) is 12.3 Å². The molecule has 0 aromatic rings. The summed E-state index contributed by atoms with van der Waals surface area (Å²) in [7, 11) is 0. The number of halogens is 2. The minimum absolute atomic E-state index is 0.101. The zero-order valence-electron chi connectivity index (χ0n) is 10.4. The summed E-state index contributed by atoms with van der Waals surface area (Å²) >= 11 is 0. The Kier molecular flexibility index (Phi) is 3.23. The van der Waals surface area contributed by atoms with Crippen LogP contribution in [0.1, 0.15) is 27.2 Å². The predicted molar refractivity (Wildman–Crippen MR) is 60.8 cm³/mol. The molecule has 1 aliphatic heterocycles. The van der Waals surface area contributed by atoms with E-state index >= 15 is 0 Å². The van der Waals surface area contributed by atoms with Crippen molar-refractivity contribution in [3.63, 3.8) is 0 Å². The molecule has 1 saturated heterocycles. The summed E-state index contributed by atoms with van der Waals surface area (Å²) in [5.74, 6) is -2.74. The van der Waals surface area contributed by atoms with Crippen LogP contribution in [0.3, 0.4) is 0 Å². The monoisotopic (exact) mass is 232 g/mol. The van der Waals surface area contributed by atoms with Gasteiger partial charge in [-0.05, 0) is 20.8 Å². The van der Waals surface area contributed by atoms with Gasteiger partial charge in [0.25, 0.3) is 5.92 Å². The molecule has 0 aromatic carbocycles. The first-order valence-electron chi connectivity index (χ1n) is 6.26. The second-order valence-electron chi connectivity index (χ2n) is 5.59. The van der Waals surface area contributed by atoms with Gasteiger partial charge in [-0.3, -0.25) is 9.80 Å². The van der Waals surface area contributed by atoms with Crippen LogP contribution in [0, 0.1) is 5.92 Å². The molecule has 2 nitrogen and oxygen atoms in total. The number of alkyl halides is 2. The molecule has 0 spiro atoms. The van der Waals surface area contributed by atoms with E-state index in [4.69, 9.17) is 0 Å². The molecular weight excluding hydrogens is 210 g/mol. The Bertz CT molecular complexity index is 255. The van der Waals surface area contributed by atoms with Crippen molar-refractivity contribution in [2.45, 2.75) is 45.2 Å². The van der Waals surface area contributed by atoms with Gasteiger partial charge in [-0.1, -0.05) is 0 Å². The first-order valence-corrected chi connectivity index (χ1v) is 6.26. The van der Waals surface area contributed by atoms with Crippen LogP contribution in [0.4, 0.5) is 8.78 Å².